The largest absolute Gasteiger partial charge is 0.507 e. The van der Waals surface area contributed by atoms with Crippen LogP contribution in [0.15, 0.2) is 42.0 Å². The molecule has 1 amide bonds. The minimum absolute atomic E-state index is 0.0497. The van der Waals surface area contributed by atoms with Crippen molar-refractivity contribution in [1.82, 2.24) is 9.80 Å². The third-order valence-corrected chi connectivity index (χ3v) is 7.09. The molecule has 4 rings (SSSR count). The third-order valence-electron chi connectivity index (χ3n) is 7.09. The number of rotatable bonds is 12. The van der Waals surface area contributed by atoms with Crippen LogP contribution in [0, 0.1) is 0 Å². The average molecular weight is 537 g/mol. The van der Waals surface area contributed by atoms with E-state index in [1.165, 1.54) is 0 Å². The highest BCUT2D eigenvalue weighted by molar-refractivity contribution is 6.46. The molecule has 1 fully saturated rings. The van der Waals surface area contributed by atoms with Gasteiger partial charge in [0.1, 0.15) is 17.6 Å². The lowest BCUT2D eigenvalue weighted by Gasteiger charge is -2.27. The summed E-state index contributed by atoms with van der Waals surface area (Å²) >= 11 is 0. The number of likely N-dealkylation sites (tertiary alicyclic amines) is 1. The highest BCUT2D eigenvalue weighted by atomic mass is 16.5. The first-order valence-corrected chi connectivity index (χ1v) is 13.9. The molecule has 0 saturated carbocycles. The van der Waals surface area contributed by atoms with E-state index in [2.05, 4.69) is 6.92 Å². The minimum Gasteiger partial charge on any atom is -0.507 e. The summed E-state index contributed by atoms with van der Waals surface area (Å²) < 4.78 is 17.7. The first kappa shape index (κ1) is 28.5. The Morgan fingerprint density at radius 3 is 2.59 bits per heavy atom. The van der Waals surface area contributed by atoms with Crippen molar-refractivity contribution in [3.8, 4) is 17.2 Å². The van der Waals surface area contributed by atoms with Gasteiger partial charge in [-0.05, 0) is 75.8 Å². The summed E-state index contributed by atoms with van der Waals surface area (Å²) in [7, 11) is 3.83. The molecule has 2 aliphatic rings. The lowest BCUT2D eigenvalue weighted by Crippen LogP contribution is -2.35. The fourth-order valence-corrected chi connectivity index (χ4v) is 5.11. The van der Waals surface area contributed by atoms with Crippen LogP contribution in [0.2, 0.25) is 0 Å². The molecule has 0 aromatic heterocycles. The Hall–Kier alpha value is -3.52. The Morgan fingerprint density at radius 2 is 1.87 bits per heavy atom. The number of amides is 1. The van der Waals surface area contributed by atoms with Crippen molar-refractivity contribution in [1.29, 1.82) is 0 Å². The summed E-state index contributed by atoms with van der Waals surface area (Å²) in [5.74, 6) is 0.436. The second kappa shape index (κ2) is 12.6. The van der Waals surface area contributed by atoms with E-state index in [1.54, 1.807) is 11.0 Å². The number of hydrogen-bond donors (Lipinski definition) is 1. The van der Waals surface area contributed by atoms with Crippen LogP contribution in [0.5, 0.6) is 17.2 Å². The number of carbonyl (C=O) groups is 2. The first-order chi connectivity index (χ1) is 18.7. The maximum atomic E-state index is 13.4. The fraction of sp³-hybridized carbons (Fsp3) is 0.484. The van der Waals surface area contributed by atoms with E-state index in [0.717, 1.165) is 30.6 Å². The molecule has 0 radical (unpaired) electrons. The maximum absolute atomic E-state index is 13.4. The SMILES string of the molecule is CCCCCOc1ccc([C@@H]2/C(=C(\O)c3ccc4c(c3)C[C@H](C)O4)C(=O)C(=O)N2CCN(C)C)cc1OCC. The molecular weight excluding hydrogens is 496 g/mol. The van der Waals surface area contributed by atoms with Crippen molar-refractivity contribution in [3.63, 3.8) is 0 Å². The number of unbranched alkanes of at least 4 members (excludes halogenated alkanes) is 2. The average Bonchev–Trinajstić information content (AvgIpc) is 3.40. The summed E-state index contributed by atoms with van der Waals surface area (Å²) in [5.41, 5.74) is 2.21. The number of fused-ring (bicyclic) bond motifs is 1. The van der Waals surface area contributed by atoms with Gasteiger partial charge in [-0.15, -0.1) is 0 Å². The topological polar surface area (TPSA) is 88.5 Å². The van der Waals surface area contributed by atoms with Crippen LogP contribution in [0.3, 0.4) is 0 Å². The van der Waals surface area contributed by atoms with Gasteiger partial charge in [0.05, 0.1) is 24.8 Å². The van der Waals surface area contributed by atoms with Gasteiger partial charge in [0.2, 0.25) is 0 Å². The summed E-state index contributed by atoms with van der Waals surface area (Å²) in [4.78, 5) is 30.2. The smallest absolute Gasteiger partial charge is 0.295 e. The van der Waals surface area contributed by atoms with Crippen LogP contribution in [0.1, 0.15) is 62.8 Å². The Labute approximate surface area is 231 Å². The predicted molar refractivity (Wildman–Crippen MR) is 150 cm³/mol. The normalized spacial score (nSPS) is 19.9. The number of benzene rings is 2. The maximum Gasteiger partial charge on any atom is 0.295 e. The molecule has 2 aromatic rings. The van der Waals surface area contributed by atoms with Gasteiger partial charge in [-0.25, -0.2) is 0 Å². The summed E-state index contributed by atoms with van der Waals surface area (Å²) in [6.45, 7) is 7.94. The van der Waals surface area contributed by atoms with Gasteiger partial charge in [-0.1, -0.05) is 25.8 Å². The molecule has 210 valence electrons. The monoisotopic (exact) mass is 536 g/mol. The molecule has 2 aromatic carbocycles. The van der Waals surface area contributed by atoms with Crippen molar-refractivity contribution >= 4 is 17.4 Å². The second-order valence-electron chi connectivity index (χ2n) is 10.4. The van der Waals surface area contributed by atoms with Crippen LogP contribution in [-0.4, -0.2) is 73.1 Å². The van der Waals surface area contributed by atoms with Gasteiger partial charge in [-0.2, -0.15) is 0 Å². The molecule has 2 aliphatic heterocycles. The Balaban J connectivity index is 1.77. The molecule has 0 bridgehead atoms. The number of likely N-dealkylation sites (N-methyl/N-ethyl adjacent to an activating group) is 1. The van der Waals surface area contributed by atoms with Crippen molar-refractivity contribution in [2.45, 2.75) is 58.6 Å². The highest BCUT2D eigenvalue weighted by Gasteiger charge is 2.46. The zero-order valence-electron chi connectivity index (χ0n) is 23.7. The number of hydrogen-bond acceptors (Lipinski definition) is 7. The zero-order chi connectivity index (χ0) is 28.1. The van der Waals surface area contributed by atoms with E-state index in [9.17, 15) is 14.7 Å². The summed E-state index contributed by atoms with van der Waals surface area (Å²) in [5, 5.41) is 11.5. The Kier molecular flexibility index (Phi) is 9.17. The molecular formula is C31H40N2O6. The number of Topliss-reactive ketones (excluding diaryl/α,β-unsaturated/α-hetero) is 1. The summed E-state index contributed by atoms with van der Waals surface area (Å²) in [6, 6.07) is 10.1. The molecule has 2 atom stereocenters. The van der Waals surface area contributed by atoms with E-state index < -0.39 is 17.7 Å². The number of nitrogens with zero attached hydrogens (tertiary/aromatic N) is 2. The number of ketones is 1. The number of carbonyl (C=O) groups excluding carboxylic acids is 2. The lowest BCUT2D eigenvalue weighted by atomic mass is 9.94. The summed E-state index contributed by atoms with van der Waals surface area (Å²) in [6.07, 6.45) is 3.89. The molecule has 0 spiro atoms. The van der Waals surface area contributed by atoms with Gasteiger partial charge < -0.3 is 29.1 Å². The molecule has 1 saturated heterocycles. The molecule has 1 N–H and O–H groups in total. The van der Waals surface area contributed by atoms with Crippen LogP contribution in [0.4, 0.5) is 0 Å². The number of aliphatic hydroxyl groups is 1. The Bertz CT molecular complexity index is 1240. The molecule has 0 unspecified atom stereocenters. The molecule has 39 heavy (non-hydrogen) atoms. The number of ether oxygens (including phenoxy) is 3. The van der Waals surface area contributed by atoms with E-state index in [4.69, 9.17) is 14.2 Å². The zero-order valence-corrected chi connectivity index (χ0v) is 23.7. The van der Waals surface area contributed by atoms with E-state index in [1.807, 2.05) is 63.2 Å². The van der Waals surface area contributed by atoms with Gasteiger partial charge in [0.15, 0.2) is 11.5 Å². The van der Waals surface area contributed by atoms with Crippen LogP contribution < -0.4 is 14.2 Å². The number of aliphatic hydroxyl groups excluding tert-OH is 1. The van der Waals surface area contributed by atoms with Crippen molar-refractivity contribution in [2.24, 2.45) is 0 Å². The van der Waals surface area contributed by atoms with E-state index >= 15 is 0 Å². The lowest BCUT2D eigenvalue weighted by molar-refractivity contribution is -0.140. The highest BCUT2D eigenvalue weighted by Crippen LogP contribution is 2.42. The minimum atomic E-state index is -0.762. The van der Waals surface area contributed by atoms with Gasteiger partial charge in [0.25, 0.3) is 11.7 Å². The predicted octanol–water partition coefficient (Wildman–Crippen LogP) is 4.96. The van der Waals surface area contributed by atoms with Gasteiger partial charge in [0, 0.05) is 25.1 Å². The van der Waals surface area contributed by atoms with E-state index in [0.29, 0.717) is 55.4 Å². The van der Waals surface area contributed by atoms with Crippen LogP contribution >= 0.6 is 0 Å². The van der Waals surface area contributed by atoms with Crippen LogP contribution in [0.25, 0.3) is 5.76 Å². The second-order valence-corrected chi connectivity index (χ2v) is 10.4. The fourth-order valence-electron chi connectivity index (χ4n) is 5.11. The Morgan fingerprint density at radius 1 is 1.08 bits per heavy atom. The van der Waals surface area contributed by atoms with Crippen molar-refractivity contribution in [3.05, 3.63) is 58.7 Å². The molecule has 8 heteroatoms. The third kappa shape index (κ3) is 6.22. The first-order valence-electron chi connectivity index (χ1n) is 13.9. The molecule has 8 nitrogen and oxygen atoms in total. The van der Waals surface area contributed by atoms with Crippen molar-refractivity contribution in [2.75, 3.05) is 40.4 Å². The van der Waals surface area contributed by atoms with Gasteiger partial charge in [-0.3, -0.25) is 9.59 Å². The van der Waals surface area contributed by atoms with E-state index in [-0.39, 0.29) is 17.4 Å². The van der Waals surface area contributed by atoms with Crippen LogP contribution in [-0.2, 0) is 16.0 Å². The standard InChI is InChI=1S/C31H40N2O6/c1-6-8-9-16-38-25-13-10-21(19-26(25)37-7-2)28-27(30(35)31(36)33(28)15-14-32(4)5)29(34)22-11-12-24-23(18-22)17-20(3)39-24/h10-13,18-20,28,34H,6-9,14-17H2,1-5H3/b29-27+/t20-,28+/m0/s1. The van der Waals surface area contributed by atoms with Gasteiger partial charge >= 0.3 is 0 Å². The van der Waals surface area contributed by atoms with Crippen molar-refractivity contribution < 1.29 is 28.9 Å². The molecule has 2 heterocycles. The molecule has 0 aliphatic carbocycles. The quantitative estimate of drug-likeness (QED) is 0.178.